The molecular formula is C19H26O2. The molecule has 2 saturated carbocycles. The summed E-state index contributed by atoms with van der Waals surface area (Å²) in [7, 11) is 0. The van der Waals surface area contributed by atoms with Crippen LogP contribution in [-0.2, 0) is 11.3 Å². The van der Waals surface area contributed by atoms with Crippen molar-refractivity contribution in [1.29, 1.82) is 0 Å². The van der Waals surface area contributed by atoms with Gasteiger partial charge in [-0.1, -0.05) is 49.2 Å². The molecule has 2 fully saturated rings. The molecule has 0 amide bonds. The maximum Gasteiger partial charge on any atom is 0.0724 e. The third-order valence-electron chi connectivity index (χ3n) is 5.14. The van der Waals surface area contributed by atoms with Gasteiger partial charge in [0.15, 0.2) is 0 Å². The Bertz CT molecular complexity index is 484. The van der Waals surface area contributed by atoms with E-state index in [9.17, 15) is 5.11 Å². The summed E-state index contributed by atoms with van der Waals surface area (Å²) in [5.41, 5.74) is 0.475. The van der Waals surface area contributed by atoms with E-state index in [-0.39, 0.29) is 5.60 Å². The van der Waals surface area contributed by atoms with Crippen LogP contribution in [0.15, 0.2) is 43.0 Å². The van der Waals surface area contributed by atoms with Crippen molar-refractivity contribution in [3.8, 4) is 0 Å². The van der Waals surface area contributed by atoms with Crippen LogP contribution in [0, 0.1) is 5.92 Å². The molecular weight excluding hydrogens is 260 g/mol. The number of ether oxygens (including phenoxy) is 1. The summed E-state index contributed by atoms with van der Waals surface area (Å²) < 4.78 is 6.37. The lowest BCUT2D eigenvalue weighted by atomic mass is 9.62. The number of rotatable bonds is 5. The molecule has 0 saturated heterocycles. The lowest BCUT2D eigenvalue weighted by molar-refractivity contribution is -0.173. The molecule has 0 aromatic heterocycles. The van der Waals surface area contributed by atoms with Crippen molar-refractivity contribution >= 4 is 0 Å². The van der Waals surface area contributed by atoms with Crippen molar-refractivity contribution in [3.63, 3.8) is 0 Å². The molecule has 2 bridgehead atoms. The van der Waals surface area contributed by atoms with Crippen LogP contribution in [0.1, 0.15) is 50.5 Å². The summed E-state index contributed by atoms with van der Waals surface area (Å²) in [4.78, 5) is 0. The van der Waals surface area contributed by atoms with Gasteiger partial charge in [-0.05, 0) is 37.2 Å². The molecule has 2 aliphatic carbocycles. The van der Waals surface area contributed by atoms with Gasteiger partial charge >= 0.3 is 0 Å². The van der Waals surface area contributed by atoms with Crippen LogP contribution in [-0.4, -0.2) is 16.3 Å². The Kier molecular flexibility index (Phi) is 4.19. The average Bonchev–Trinajstić information content (AvgIpc) is 2.46. The molecule has 1 aromatic carbocycles. The Balaban J connectivity index is 1.72. The van der Waals surface area contributed by atoms with Crippen molar-refractivity contribution < 1.29 is 9.84 Å². The van der Waals surface area contributed by atoms with Gasteiger partial charge in [0, 0.05) is 6.42 Å². The van der Waals surface area contributed by atoms with Crippen LogP contribution in [0.3, 0.4) is 0 Å². The summed E-state index contributed by atoms with van der Waals surface area (Å²) in [6, 6.07) is 10.3. The molecule has 2 heteroatoms. The van der Waals surface area contributed by atoms with E-state index >= 15 is 0 Å². The van der Waals surface area contributed by atoms with Gasteiger partial charge in [0.25, 0.3) is 0 Å². The zero-order valence-corrected chi connectivity index (χ0v) is 12.8. The third-order valence-corrected chi connectivity index (χ3v) is 5.14. The van der Waals surface area contributed by atoms with Crippen molar-refractivity contribution in [2.45, 2.75) is 62.8 Å². The maximum absolute atomic E-state index is 10.9. The first-order valence-electron chi connectivity index (χ1n) is 8.14. The fourth-order valence-electron chi connectivity index (χ4n) is 4.40. The van der Waals surface area contributed by atoms with Crippen LogP contribution >= 0.6 is 0 Å². The van der Waals surface area contributed by atoms with E-state index < -0.39 is 5.60 Å². The Morgan fingerprint density at radius 2 is 2.10 bits per heavy atom. The minimum Gasteiger partial charge on any atom is -0.389 e. The van der Waals surface area contributed by atoms with Gasteiger partial charge < -0.3 is 9.84 Å². The van der Waals surface area contributed by atoms with Crippen molar-refractivity contribution in [1.82, 2.24) is 0 Å². The number of aliphatic hydroxyl groups is 1. The second kappa shape index (κ2) is 5.94. The summed E-state index contributed by atoms with van der Waals surface area (Å²) in [5.74, 6) is 0.605. The lowest BCUT2D eigenvalue weighted by Gasteiger charge is -2.51. The highest BCUT2D eigenvalue weighted by Crippen LogP contribution is 2.50. The van der Waals surface area contributed by atoms with E-state index in [4.69, 9.17) is 4.74 Å². The minimum absolute atomic E-state index is 0.130. The van der Waals surface area contributed by atoms with Gasteiger partial charge in [-0.3, -0.25) is 0 Å². The van der Waals surface area contributed by atoms with Crippen LogP contribution in [0.2, 0.25) is 0 Å². The average molecular weight is 286 g/mol. The smallest absolute Gasteiger partial charge is 0.0724 e. The summed E-state index contributed by atoms with van der Waals surface area (Å²) in [6.45, 7) is 4.46. The Morgan fingerprint density at radius 3 is 2.86 bits per heavy atom. The highest BCUT2D eigenvalue weighted by molar-refractivity contribution is 5.14. The molecule has 0 spiro atoms. The van der Waals surface area contributed by atoms with Crippen LogP contribution < -0.4 is 0 Å². The van der Waals surface area contributed by atoms with Gasteiger partial charge in [0.2, 0.25) is 0 Å². The first-order valence-corrected chi connectivity index (χ1v) is 8.14. The molecule has 0 aliphatic heterocycles. The highest BCUT2D eigenvalue weighted by Gasteiger charge is 2.49. The fourth-order valence-corrected chi connectivity index (χ4v) is 4.40. The third kappa shape index (κ3) is 3.38. The Hall–Kier alpha value is -1.12. The molecule has 1 N–H and O–H groups in total. The van der Waals surface area contributed by atoms with Crippen LogP contribution in [0.25, 0.3) is 0 Å². The van der Waals surface area contributed by atoms with Gasteiger partial charge in [-0.15, -0.1) is 6.58 Å². The molecule has 3 unspecified atom stereocenters. The molecule has 3 atom stereocenters. The molecule has 2 aliphatic rings. The van der Waals surface area contributed by atoms with E-state index in [1.165, 1.54) is 18.4 Å². The van der Waals surface area contributed by atoms with E-state index in [2.05, 4.69) is 30.8 Å². The number of hydrogen-bond acceptors (Lipinski definition) is 2. The molecule has 114 valence electrons. The van der Waals surface area contributed by atoms with Crippen molar-refractivity contribution in [3.05, 3.63) is 48.6 Å². The predicted molar refractivity (Wildman–Crippen MR) is 84.9 cm³/mol. The van der Waals surface area contributed by atoms with Gasteiger partial charge in [-0.2, -0.15) is 0 Å². The summed E-state index contributed by atoms with van der Waals surface area (Å²) in [6.07, 6.45) is 8.85. The normalized spacial score (nSPS) is 35.4. The lowest BCUT2D eigenvalue weighted by Crippen LogP contribution is -2.52. The van der Waals surface area contributed by atoms with E-state index in [1.54, 1.807) is 0 Å². The number of fused-ring (bicyclic) bond motifs is 2. The van der Waals surface area contributed by atoms with Gasteiger partial charge in [-0.25, -0.2) is 0 Å². The second-order valence-corrected chi connectivity index (χ2v) is 7.02. The monoisotopic (exact) mass is 286 g/mol. The van der Waals surface area contributed by atoms with E-state index in [0.717, 1.165) is 25.7 Å². The topological polar surface area (TPSA) is 29.5 Å². The first kappa shape index (κ1) is 14.8. The van der Waals surface area contributed by atoms with E-state index in [1.807, 2.05) is 12.1 Å². The molecule has 3 rings (SSSR count). The fraction of sp³-hybridized carbons (Fsp3) is 0.579. The Labute approximate surface area is 127 Å². The second-order valence-electron chi connectivity index (χ2n) is 7.02. The van der Waals surface area contributed by atoms with Gasteiger partial charge in [0.1, 0.15) is 0 Å². The van der Waals surface area contributed by atoms with Gasteiger partial charge in [0.05, 0.1) is 17.8 Å². The minimum atomic E-state index is -0.609. The summed E-state index contributed by atoms with van der Waals surface area (Å²) in [5, 5.41) is 10.9. The largest absolute Gasteiger partial charge is 0.389 e. The quantitative estimate of drug-likeness (QED) is 0.821. The molecule has 1 aromatic rings. The Morgan fingerprint density at radius 1 is 1.29 bits per heavy atom. The van der Waals surface area contributed by atoms with Crippen LogP contribution in [0.5, 0.6) is 0 Å². The predicted octanol–water partition coefficient (Wildman–Crippen LogP) is 4.23. The van der Waals surface area contributed by atoms with Crippen molar-refractivity contribution in [2.24, 2.45) is 5.92 Å². The number of hydrogen-bond donors (Lipinski definition) is 1. The molecule has 0 heterocycles. The zero-order valence-electron chi connectivity index (χ0n) is 12.8. The number of benzene rings is 1. The van der Waals surface area contributed by atoms with Crippen LogP contribution in [0.4, 0.5) is 0 Å². The maximum atomic E-state index is 10.9. The van der Waals surface area contributed by atoms with Crippen molar-refractivity contribution in [2.75, 3.05) is 0 Å². The summed E-state index contributed by atoms with van der Waals surface area (Å²) >= 11 is 0. The molecule has 0 radical (unpaired) electrons. The highest BCUT2D eigenvalue weighted by atomic mass is 16.5. The molecule has 21 heavy (non-hydrogen) atoms. The zero-order chi connectivity index (χ0) is 14.8. The standard InChI is InChI=1S/C19H26O2/c1-2-10-18(20)12-17-9-6-11-19(13-17,15-18)21-14-16-7-4-3-5-8-16/h2-5,7-8,17,20H,1,6,9-15H2. The SMILES string of the molecule is C=CCC1(O)CC2CCCC(OCc3ccccc3)(C2)C1. The first-order chi connectivity index (χ1) is 10.1. The van der Waals surface area contributed by atoms with E-state index in [0.29, 0.717) is 18.9 Å². The molecule has 2 nitrogen and oxygen atoms in total.